The number of urea groups is 1. The van der Waals surface area contributed by atoms with Crippen LogP contribution in [0.25, 0.3) is 0 Å². The van der Waals surface area contributed by atoms with E-state index in [0.29, 0.717) is 19.6 Å². The van der Waals surface area contributed by atoms with E-state index in [-0.39, 0.29) is 18.1 Å². The van der Waals surface area contributed by atoms with Crippen LogP contribution in [0.5, 0.6) is 0 Å². The number of thiophene rings is 1. The lowest BCUT2D eigenvalue weighted by molar-refractivity contribution is 0.165. The Morgan fingerprint density at radius 2 is 2.04 bits per heavy atom. The number of hydrogen-bond donors (Lipinski definition) is 2. The van der Waals surface area contributed by atoms with Gasteiger partial charge in [0.05, 0.1) is 6.61 Å². The normalized spacial score (nSPS) is 15.4. The lowest BCUT2D eigenvalue weighted by atomic mass is 9.64. The Morgan fingerprint density at radius 1 is 1.28 bits per heavy atom. The Kier molecular flexibility index (Phi) is 6.15. The SMILES string of the molecule is O=C(NCC1(c2ccc(Br)cc2)CCC1)N(CCO)Cc1ccsc1. The van der Waals surface area contributed by atoms with Gasteiger partial charge in [-0.1, -0.05) is 34.5 Å². The molecule has 1 aromatic carbocycles. The van der Waals surface area contributed by atoms with Crippen molar-refractivity contribution in [1.29, 1.82) is 0 Å². The van der Waals surface area contributed by atoms with Gasteiger partial charge in [0, 0.05) is 29.5 Å². The van der Waals surface area contributed by atoms with Gasteiger partial charge in [0.2, 0.25) is 0 Å². The zero-order chi connectivity index (χ0) is 17.7. The van der Waals surface area contributed by atoms with E-state index in [1.165, 1.54) is 12.0 Å². The third-order valence-electron chi connectivity index (χ3n) is 4.96. The summed E-state index contributed by atoms with van der Waals surface area (Å²) in [6, 6.07) is 10.3. The van der Waals surface area contributed by atoms with Gasteiger partial charge < -0.3 is 15.3 Å². The first-order chi connectivity index (χ1) is 12.1. The molecule has 0 saturated heterocycles. The Morgan fingerprint density at radius 3 is 2.60 bits per heavy atom. The van der Waals surface area contributed by atoms with Gasteiger partial charge in [0.1, 0.15) is 0 Å². The van der Waals surface area contributed by atoms with Gasteiger partial charge in [0.25, 0.3) is 0 Å². The zero-order valence-corrected chi connectivity index (χ0v) is 16.5. The molecular weight excluding hydrogens is 400 g/mol. The number of carbonyl (C=O) groups is 1. The number of benzene rings is 1. The molecule has 4 nitrogen and oxygen atoms in total. The summed E-state index contributed by atoms with van der Waals surface area (Å²) >= 11 is 5.10. The van der Waals surface area contributed by atoms with Crippen molar-refractivity contribution in [3.05, 3.63) is 56.7 Å². The van der Waals surface area contributed by atoms with Crippen LogP contribution < -0.4 is 5.32 Å². The summed E-state index contributed by atoms with van der Waals surface area (Å²) in [4.78, 5) is 14.3. The Balaban J connectivity index is 1.63. The molecule has 1 aromatic heterocycles. The fourth-order valence-corrected chi connectivity index (χ4v) is 4.23. The van der Waals surface area contributed by atoms with Gasteiger partial charge in [0.15, 0.2) is 0 Å². The Hall–Kier alpha value is -1.37. The summed E-state index contributed by atoms with van der Waals surface area (Å²) in [6.07, 6.45) is 3.39. The maximum absolute atomic E-state index is 12.6. The summed E-state index contributed by atoms with van der Waals surface area (Å²) in [7, 11) is 0. The molecule has 0 spiro atoms. The molecule has 1 fully saturated rings. The standard InChI is InChI=1S/C19H23BrN2O2S/c20-17-4-2-16(3-5-17)19(7-1-8-19)14-21-18(24)22(9-10-23)12-15-6-11-25-13-15/h2-6,11,13,23H,1,7-10,12,14H2,(H,21,24). The number of carbonyl (C=O) groups excluding carboxylic acids is 1. The monoisotopic (exact) mass is 422 g/mol. The van der Waals surface area contributed by atoms with Gasteiger partial charge in [-0.3, -0.25) is 0 Å². The summed E-state index contributed by atoms with van der Waals surface area (Å²) in [5, 5.41) is 16.4. The van der Waals surface area contributed by atoms with Crippen molar-refractivity contribution in [2.45, 2.75) is 31.2 Å². The number of nitrogens with zero attached hydrogens (tertiary/aromatic N) is 1. The lowest BCUT2D eigenvalue weighted by Crippen LogP contribution is -2.49. The molecule has 6 heteroatoms. The van der Waals surface area contributed by atoms with E-state index >= 15 is 0 Å². The first kappa shape index (κ1) is 18.4. The number of amides is 2. The molecule has 2 amide bonds. The summed E-state index contributed by atoms with van der Waals surface area (Å²) < 4.78 is 1.07. The van der Waals surface area contributed by atoms with Crippen molar-refractivity contribution < 1.29 is 9.90 Å². The first-order valence-corrected chi connectivity index (χ1v) is 10.3. The van der Waals surface area contributed by atoms with Crippen molar-refractivity contribution in [1.82, 2.24) is 10.2 Å². The van der Waals surface area contributed by atoms with E-state index in [1.54, 1.807) is 16.2 Å². The van der Waals surface area contributed by atoms with E-state index in [0.717, 1.165) is 22.9 Å². The van der Waals surface area contributed by atoms with Crippen molar-refractivity contribution in [3.63, 3.8) is 0 Å². The van der Waals surface area contributed by atoms with Crippen LogP contribution in [0.4, 0.5) is 4.79 Å². The van der Waals surface area contributed by atoms with Crippen molar-refractivity contribution in [2.75, 3.05) is 19.7 Å². The number of rotatable bonds is 7. The van der Waals surface area contributed by atoms with Gasteiger partial charge in [-0.2, -0.15) is 11.3 Å². The number of hydrogen-bond acceptors (Lipinski definition) is 3. The minimum Gasteiger partial charge on any atom is -0.395 e. The predicted octanol–water partition coefficient (Wildman–Crippen LogP) is 4.14. The molecule has 0 atom stereocenters. The molecule has 134 valence electrons. The van der Waals surface area contributed by atoms with Gasteiger partial charge in [-0.05, 0) is 52.9 Å². The van der Waals surface area contributed by atoms with Crippen LogP contribution in [-0.2, 0) is 12.0 Å². The lowest BCUT2D eigenvalue weighted by Gasteiger charge is -2.43. The van der Waals surface area contributed by atoms with Gasteiger partial charge in [-0.25, -0.2) is 4.79 Å². The molecule has 3 rings (SSSR count). The fraction of sp³-hybridized carbons (Fsp3) is 0.421. The molecule has 0 unspecified atom stereocenters. The number of aliphatic hydroxyl groups excluding tert-OH is 1. The van der Waals surface area contributed by atoms with Crippen LogP contribution in [0.15, 0.2) is 45.6 Å². The van der Waals surface area contributed by atoms with E-state index in [1.807, 2.05) is 16.8 Å². The first-order valence-electron chi connectivity index (χ1n) is 8.54. The maximum atomic E-state index is 12.6. The molecule has 0 bridgehead atoms. The summed E-state index contributed by atoms with van der Waals surface area (Å²) in [5.74, 6) is 0. The number of nitrogens with one attached hydrogen (secondary N) is 1. The number of aliphatic hydroxyl groups is 1. The molecule has 1 heterocycles. The highest BCUT2D eigenvalue weighted by atomic mass is 79.9. The Bertz CT molecular complexity index is 684. The van der Waals surface area contributed by atoms with Crippen LogP contribution in [-0.4, -0.2) is 35.7 Å². The van der Waals surface area contributed by atoms with E-state index in [9.17, 15) is 9.90 Å². The smallest absolute Gasteiger partial charge is 0.317 e. The van der Waals surface area contributed by atoms with Crippen molar-refractivity contribution in [3.8, 4) is 0 Å². The third kappa shape index (κ3) is 4.43. The minimum absolute atomic E-state index is 0.0323. The summed E-state index contributed by atoms with van der Waals surface area (Å²) in [6.45, 7) is 1.47. The second-order valence-electron chi connectivity index (χ2n) is 6.58. The molecular formula is C19H23BrN2O2S. The predicted molar refractivity (Wildman–Crippen MR) is 105 cm³/mol. The quantitative estimate of drug-likeness (QED) is 0.704. The van der Waals surface area contributed by atoms with Crippen LogP contribution >= 0.6 is 27.3 Å². The second-order valence-corrected chi connectivity index (χ2v) is 8.27. The third-order valence-corrected chi connectivity index (χ3v) is 6.22. The molecule has 1 aliphatic rings. The highest BCUT2D eigenvalue weighted by molar-refractivity contribution is 9.10. The highest BCUT2D eigenvalue weighted by Gasteiger charge is 2.39. The van der Waals surface area contributed by atoms with Crippen LogP contribution in [0.2, 0.25) is 0 Å². The molecule has 25 heavy (non-hydrogen) atoms. The zero-order valence-electron chi connectivity index (χ0n) is 14.1. The molecule has 2 aromatic rings. The van der Waals surface area contributed by atoms with E-state index in [4.69, 9.17) is 0 Å². The van der Waals surface area contributed by atoms with Crippen molar-refractivity contribution >= 4 is 33.3 Å². The second kappa shape index (κ2) is 8.34. The average molecular weight is 423 g/mol. The van der Waals surface area contributed by atoms with E-state index < -0.39 is 0 Å². The van der Waals surface area contributed by atoms with Crippen molar-refractivity contribution in [2.24, 2.45) is 0 Å². The largest absolute Gasteiger partial charge is 0.395 e. The molecule has 2 N–H and O–H groups in total. The Labute approximate surface area is 161 Å². The van der Waals surface area contributed by atoms with E-state index in [2.05, 4.69) is 45.5 Å². The van der Waals surface area contributed by atoms with Gasteiger partial charge in [-0.15, -0.1) is 0 Å². The molecule has 1 saturated carbocycles. The molecule has 1 aliphatic carbocycles. The van der Waals surface area contributed by atoms with Crippen LogP contribution in [0.1, 0.15) is 30.4 Å². The molecule has 0 radical (unpaired) electrons. The van der Waals surface area contributed by atoms with Gasteiger partial charge >= 0.3 is 6.03 Å². The van der Waals surface area contributed by atoms with Crippen LogP contribution in [0.3, 0.4) is 0 Å². The topological polar surface area (TPSA) is 52.6 Å². The highest BCUT2D eigenvalue weighted by Crippen LogP contribution is 2.43. The maximum Gasteiger partial charge on any atom is 0.317 e. The summed E-state index contributed by atoms with van der Waals surface area (Å²) in [5.41, 5.74) is 2.43. The average Bonchev–Trinajstić information content (AvgIpc) is 3.08. The van der Waals surface area contributed by atoms with Crippen LogP contribution in [0, 0.1) is 0 Å². The fourth-order valence-electron chi connectivity index (χ4n) is 3.31. The minimum atomic E-state index is -0.108. The number of halogens is 1. The molecule has 0 aliphatic heterocycles.